The second-order valence-corrected chi connectivity index (χ2v) is 5.82. The molecule has 0 spiro atoms. The lowest BCUT2D eigenvalue weighted by Gasteiger charge is -2.31. The molecule has 0 aliphatic carbocycles. The van der Waals surface area contributed by atoms with Crippen molar-refractivity contribution in [3.05, 3.63) is 51.8 Å². The zero-order chi connectivity index (χ0) is 16.6. The first kappa shape index (κ1) is 15.3. The summed E-state index contributed by atoms with van der Waals surface area (Å²) in [5.41, 5.74) is 2.24. The van der Waals surface area contributed by atoms with Crippen LogP contribution in [0.25, 0.3) is 11.3 Å². The molecule has 2 aromatic rings. The topological polar surface area (TPSA) is 68.5 Å². The average molecular weight is 313 g/mol. The number of fused-ring (bicyclic) bond motifs is 3. The lowest BCUT2D eigenvalue weighted by atomic mass is 9.90. The van der Waals surface area contributed by atoms with Gasteiger partial charge >= 0.3 is 5.97 Å². The number of benzene rings is 1. The number of hydrogen-bond acceptors (Lipinski definition) is 3. The predicted octanol–water partition coefficient (Wildman–Crippen LogP) is 3.12. The van der Waals surface area contributed by atoms with Gasteiger partial charge in [-0.3, -0.25) is 4.79 Å². The van der Waals surface area contributed by atoms with Crippen molar-refractivity contribution in [3.63, 3.8) is 0 Å². The highest BCUT2D eigenvalue weighted by atomic mass is 16.5. The fraction of sp³-hybridized carbons (Fsp3) is 0.333. The highest BCUT2D eigenvalue weighted by molar-refractivity contribution is 5.87. The van der Waals surface area contributed by atoms with Gasteiger partial charge in [0, 0.05) is 23.9 Å². The number of carboxylic acid groups (broad SMARTS) is 1. The molecular weight excluding hydrogens is 294 g/mol. The summed E-state index contributed by atoms with van der Waals surface area (Å²) in [6.07, 6.45) is 4.20. The lowest BCUT2D eigenvalue weighted by Crippen LogP contribution is -2.25. The average Bonchev–Trinajstić information content (AvgIpc) is 2.53. The number of rotatable bonds is 4. The molecule has 0 radical (unpaired) electrons. The Morgan fingerprint density at radius 1 is 1.39 bits per heavy atom. The first-order chi connectivity index (χ1) is 11.0. The summed E-state index contributed by atoms with van der Waals surface area (Å²) in [4.78, 5) is 23.4. The molecule has 5 nitrogen and oxygen atoms in total. The van der Waals surface area contributed by atoms with Gasteiger partial charge < -0.3 is 14.4 Å². The van der Waals surface area contributed by atoms with Gasteiger partial charge in [-0.15, -0.1) is 0 Å². The van der Waals surface area contributed by atoms with Crippen LogP contribution in [0.2, 0.25) is 0 Å². The Morgan fingerprint density at radius 3 is 2.83 bits per heavy atom. The molecule has 1 aromatic heterocycles. The number of pyridine rings is 1. The van der Waals surface area contributed by atoms with Crippen LogP contribution >= 0.6 is 0 Å². The third-order valence-corrected chi connectivity index (χ3v) is 4.37. The molecule has 1 N–H and O–H groups in total. The minimum Gasteiger partial charge on any atom is -0.497 e. The third-order valence-electron chi connectivity index (χ3n) is 4.37. The van der Waals surface area contributed by atoms with E-state index in [1.165, 1.54) is 12.3 Å². The molecule has 23 heavy (non-hydrogen) atoms. The van der Waals surface area contributed by atoms with Crippen LogP contribution < -0.4 is 10.2 Å². The number of hydrogen-bond donors (Lipinski definition) is 1. The number of methoxy groups -OCH3 is 1. The van der Waals surface area contributed by atoms with Gasteiger partial charge in [0.2, 0.25) is 0 Å². The Bertz CT molecular complexity index is 822. The van der Waals surface area contributed by atoms with E-state index in [-0.39, 0.29) is 11.6 Å². The second-order valence-electron chi connectivity index (χ2n) is 5.82. The fourth-order valence-electron chi connectivity index (χ4n) is 3.27. The molecule has 2 heterocycles. The summed E-state index contributed by atoms with van der Waals surface area (Å²) in [5.74, 6) is -0.391. The fourth-order valence-corrected chi connectivity index (χ4v) is 3.27. The van der Waals surface area contributed by atoms with E-state index in [0.717, 1.165) is 41.8 Å². The monoisotopic (exact) mass is 313 g/mol. The number of nitrogens with zero attached hydrogens (tertiary/aromatic N) is 1. The molecule has 1 unspecified atom stereocenters. The van der Waals surface area contributed by atoms with E-state index in [1.54, 1.807) is 7.11 Å². The Kier molecular flexibility index (Phi) is 3.94. The van der Waals surface area contributed by atoms with Gasteiger partial charge in [0.25, 0.3) is 0 Å². The molecule has 0 bridgehead atoms. The highest BCUT2D eigenvalue weighted by Gasteiger charge is 2.25. The van der Waals surface area contributed by atoms with Crippen molar-refractivity contribution in [2.24, 2.45) is 0 Å². The molecule has 1 aromatic carbocycles. The van der Waals surface area contributed by atoms with Crippen LogP contribution in [0.4, 0.5) is 0 Å². The molecule has 0 saturated heterocycles. The van der Waals surface area contributed by atoms with Crippen LogP contribution in [0.5, 0.6) is 5.75 Å². The van der Waals surface area contributed by atoms with Crippen LogP contribution in [0.3, 0.4) is 0 Å². The molecule has 1 aliphatic rings. The summed E-state index contributed by atoms with van der Waals surface area (Å²) >= 11 is 0. The van der Waals surface area contributed by atoms with E-state index in [0.29, 0.717) is 0 Å². The van der Waals surface area contributed by atoms with E-state index in [9.17, 15) is 14.7 Å². The lowest BCUT2D eigenvalue weighted by molar-refractivity contribution is 0.0694. The quantitative estimate of drug-likeness (QED) is 0.941. The van der Waals surface area contributed by atoms with E-state index < -0.39 is 11.4 Å². The Balaban J connectivity index is 2.23. The van der Waals surface area contributed by atoms with Gasteiger partial charge in [0.15, 0.2) is 5.43 Å². The zero-order valence-corrected chi connectivity index (χ0v) is 13.2. The first-order valence-electron chi connectivity index (χ1n) is 7.72. The van der Waals surface area contributed by atoms with Gasteiger partial charge in [0.05, 0.1) is 12.8 Å². The van der Waals surface area contributed by atoms with Crippen LogP contribution in [0, 0.1) is 0 Å². The molecule has 0 saturated carbocycles. The van der Waals surface area contributed by atoms with Crippen molar-refractivity contribution < 1.29 is 14.6 Å². The second kappa shape index (κ2) is 5.91. The number of carboxylic acids is 1. The maximum absolute atomic E-state index is 12.1. The van der Waals surface area contributed by atoms with Crippen molar-refractivity contribution in [1.82, 2.24) is 4.57 Å². The van der Waals surface area contributed by atoms with E-state index in [1.807, 2.05) is 22.8 Å². The maximum atomic E-state index is 12.1. The first-order valence-corrected chi connectivity index (χ1v) is 7.72. The molecule has 0 fully saturated rings. The number of aromatic nitrogens is 1. The molecule has 120 valence electrons. The van der Waals surface area contributed by atoms with Crippen molar-refractivity contribution in [2.45, 2.75) is 32.2 Å². The highest BCUT2D eigenvalue weighted by Crippen LogP contribution is 2.37. The number of carbonyl (C=O) groups is 1. The normalized spacial score (nSPS) is 15.7. The summed E-state index contributed by atoms with van der Waals surface area (Å²) in [6, 6.07) is 7.38. The number of aromatic carboxylic acids is 1. The molecule has 1 atom stereocenters. The molecular formula is C18H19NO4. The largest absolute Gasteiger partial charge is 0.497 e. The van der Waals surface area contributed by atoms with Crippen LogP contribution in [0.15, 0.2) is 35.3 Å². The van der Waals surface area contributed by atoms with Crippen molar-refractivity contribution in [1.29, 1.82) is 0 Å². The number of ether oxygens (including phenoxy) is 1. The van der Waals surface area contributed by atoms with Gasteiger partial charge in [-0.1, -0.05) is 13.3 Å². The van der Waals surface area contributed by atoms with Gasteiger partial charge in [-0.05, 0) is 36.6 Å². The Labute approximate surface area is 134 Å². The zero-order valence-electron chi connectivity index (χ0n) is 13.2. The smallest absolute Gasteiger partial charge is 0.341 e. The van der Waals surface area contributed by atoms with E-state index in [2.05, 4.69) is 6.92 Å². The minimum absolute atomic E-state index is 0.147. The van der Waals surface area contributed by atoms with Crippen molar-refractivity contribution in [2.75, 3.05) is 7.11 Å². The van der Waals surface area contributed by atoms with E-state index >= 15 is 0 Å². The summed E-state index contributed by atoms with van der Waals surface area (Å²) in [5, 5.41) is 9.22. The predicted molar refractivity (Wildman–Crippen MR) is 87.3 cm³/mol. The van der Waals surface area contributed by atoms with Crippen LogP contribution in [-0.4, -0.2) is 22.8 Å². The third kappa shape index (κ3) is 2.63. The van der Waals surface area contributed by atoms with Crippen LogP contribution in [0.1, 0.15) is 41.7 Å². The summed E-state index contributed by atoms with van der Waals surface area (Å²) in [6.45, 7) is 2.10. The Morgan fingerprint density at radius 2 is 2.17 bits per heavy atom. The van der Waals surface area contributed by atoms with Crippen molar-refractivity contribution in [3.8, 4) is 17.0 Å². The molecule has 3 rings (SSSR count). The summed E-state index contributed by atoms with van der Waals surface area (Å²) < 4.78 is 7.24. The minimum atomic E-state index is -1.18. The maximum Gasteiger partial charge on any atom is 0.341 e. The van der Waals surface area contributed by atoms with Gasteiger partial charge in [-0.25, -0.2) is 4.79 Å². The van der Waals surface area contributed by atoms with Gasteiger partial charge in [-0.2, -0.15) is 0 Å². The summed E-state index contributed by atoms with van der Waals surface area (Å²) in [7, 11) is 1.63. The molecule has 5 heteroatoms. The Hall–Kier alpha value is -2.56. The van der Waals surface area contributed by atoms with E-state index in [4.69, 9.17) is 4.74 Å². The molecule has 0 amide bonds. The van der Waals surface area contributed by atoms with Gasteiger partial charge in [0.1, 0.15) is 11.3 Å². The molecule has 1 aliphatic heterocycles. The van der Waals surface area contributed by atoms with Crippen LogP contribution in [-0.2, 0) is 6.42 Å². The van der Waals surface area contributed by atoms with Crippen molar-refractivity contribution >= 4 is 5.97 Å². The standard InChI is InChI=1S/C18H19NO4/c1-3-4-12-7-11-8-13(23-2)5-6-14(11)16-9-17(20)15(18(21)22)10-19(12)16/h5-6,8-10,12H,3-4,7H2,1-2H3,(H,21,22). The SMILES string of the molecule is CCCC1Cc2cc(OC)ccc2-c2cc(=O)c(C(=O)O)cn21.